The van der Waals surface area contributed by atoms with Crippen LogP contribution in [0.2, 0.25) is 0 Å². The molecular weight excluding hydrogens is 220 g/mol. The van der Waals surface area contributed by atoms with Gasteiger partial charge in [-0.25, -0.2) is 0 Å². The first-order chi connectivity index (χ1) is 8.63. The average Bonchev–Trinajstić information content (AvgIpc) is 2.34. The van der Waals surface area contributed by atoms with Crippen molar-refractivity contribution in [1.82, 2.24) is 10.2 Å². The zero-order valence-electron chi connectivity index (χ0n) is 11.8. The number of aryl methyl sites for hydroxylation is 3. The standard InChI is InChI=1S/C16H24N2/c1-5-15(18-8-6-17-7-9-18)16-13(3)10-12(2)11-14(16)4/h5,10-11,15,17H,1,6-9H2,2-4H3/t15-/m1/s1. The van der Waals surface area contributed by atoms with Gasteiger partial charge in [0.2, 0.25) is 0 Å². The van der Waals surface area contributed by atoms with Gasteiger partial charge in [-0.15, -0.1) is 6.58 Å². The molecule has 0 bridgehead atoms. The highest BCUT2D eigenvalue weighted by molar-refractivity contribution is 5.41. The van der Waals surface area contributed by atoms with Crippen LogP contribution in [0.15, 0.2) is 24.8 Å². The number of nitrogens with one attached hydrogen (secondary N) is 1. The van der Waals surface area contributed by atoms with E-state index in [1.54, 1.807) is 0 Å². The molecule has 1 saturated heterocycles. The lowest BCUT2D eigenvalue weighted by Gasteiger charge is -2.35. The quantitative estimate of drug-likeness (QED) is 0.823. The van der Waals surface area contributed by atoms with Crippen LogP contribution < -0.4 is 5.32 Å². The first kappa shape index (κ1) is 13.3. The normalized spacial score (nSPS) is 18.6. The zero-order chi connectivity index (χ0) is 13.1. The van der Waals surface area contributed by atoms with Gasteiger partial charge in [-0.2, -0.15) is 0 Å². The predicted octanol–water partition coefficient (Wildman–Crippen LogP) is 2.74. The van der Waals surface area contributed by atoms with Crippen LogP contribution in [0.3, 0.4) is 0 Å². The fourth-order valence-electron chi connectivity index (χ4n) is 3.07. The summed E-state index contributed by atoms with van der Waals surface area (Å²) in [5.41, 5.74) is 5.56. The molecule has 2 nitrogen and oxygen atoms in total. The summed E-state index contributed by atoms with van der Waals surface area (Å²) >= 11 is 0. The van der Waals surface area contributed by atoms with Gasteiger partial charge in [0.15, 0.2) is 0 Å². The van der Waals surface area contributed by atoms with Crippen molar-refractivity contribution in [2.45, 2.75) is 26.8 Å². The van der Waals surface area contributed by atoms with Crippen LogP contribution >= 0.6 is 0 Å². The van der Waals surface area contributed by atoms with E-state index in [1.807, 2.05) is 0 Å². The van der Waals surface area contributed by atoms with Crippen molar-refractivity contribution in [3.05, 3.63) is 47.0 Å². The molecule has 1 fully saturated rings. The van der Waals surface area contributed by atoms with Gasteiger partial charge in [-0.3, -0.25) is 4.90 Å². The molecule has 0 unspecified atom stereocenters. The van der Waals surface area contributed by atoms with E-state index in [4.69, 9.17) is 0 Å². The Hall–Kier alpha value is -1.12. The molecular formula is C16H24N2. The zero-order valence-corrected chi connectivity index (χ0v) is 11.8. The van der Waals surface area contributed by atoms with E-state index < -0.39 is 0 Å². The van der Waals surface area contributed by atoms with Crippen molar-refractivity contribution in [2.75, 3.05) is 26.2 Å². The van der Waals surface area contributed by atoms with Crippen LogP contribution in [0.5, 0.6) is 0 Å². The summed E-state index contributed by atoms with van der Waals surface area (Å²) < 4.78 is 0. The van der Waals surface area contributed by atoms with E-state index >= 15 is 0 Å². The third-order valence-corrected chi connectivity index (χ3v) is 3.80. The molecule has 1 atom stereocenters. The summed E-state index contributed by atoms with van der Waals surface area (Å²) in [7, 11) is 0. The summed E-state index contributed by atoms with van der Waals surface area (Å²) in [5.74, 6) is 0. The lowest BCUT2D eigenvalue weighted by Crippen LogP contribution is -2.45. The smallest absolute Gasteiger partial charge is 0.0535 e. The van der Waals surface area contributed by atoms with Gasteiger partial charge < -0.3 is 5.32 Å². The molecule has 98 valence electrons. The van der Waals surface area contributed by atoms with Crippen molar-refractivity contribution in [2.24, 2.45) is 0 Å². The third kappa shape index (κ3) is 2.65. The van der Waals surface area contributed by atoms with Crippen molar-refractivity contribution < 1.29 is 0 Å². The van der Waals surface area contributed by atoms with Crippen LogP contribution in [0.25, 0.3) is 0 Å². The lowest BCUT2D eigenvalue weighted by molar-refractivity contribution is 0.202. The molecule has 0 radical (unpaired) electrons. The topological polar surface area (TPSA) is 15.3 Å². The highest BCUT2D eigenvalue weighted by atomic mass is 15.2. The summed E-state index contributed by atoms with van der Waals surface area (Å²) in [6.45, 7) is 15.0. The second-order valence-corrected chi connectivity index (χ2v) is 5.28. The van der Waals surface area contributed by atoms with Crippen LogP contribution in [0, 0.1) is 20.8 Å². The van der Waals surface area contributed by atoms with E-state index in [1.165, 1.54) is 22.3 Å². The first-order valence-electron chi connectivity index (χ1n) is 6.78. The average molecular weight is 244 g/mol. The predicted molar refractivity (Wildman–Crippen MR) is 78.0 cm³/mol. The van der Waals surface area contributed by atoms with Gasteiger partial charge in [0, 0.05) is 26.2 Å². The van der Waals surface area contributed by atoms with E-state index in [9.17, 15) is 0 Å². The van der Waals surface area contributed by atoms with Gasteiger partial charge in [-0.1, -0.05) is 23.8 Å². The molecule has 0 amide bonds. The molecule has 1 N–H and O–H groups in total. The summed E-state index contributed by atoms with van der Waals surface area (Å²) in [6, 6.07) is 4.91. The Labute approximate surface area is 111 Å². The second-order valence-electron chi connectivity index (χ2n) is 5.28. The van der Waals surface area contributed by atoms with E-state index in [0.717, 1.165) is 26.2 Å². The molecule has 1 aliphatic heterocycles. The van der Waals surface area contributed by atoms with Gasteiger partial charge in [0.25, 0.3) is 0 Å². The highest BCUT2D eigenvalue weighted by Gasteiger charge is 2.22. The van der Waals surface area contributed by atoms with Gasteiger partial charge in [-0.05, 0) is 37.5 Å². The van der Waals surface area contributed by atoms with Crippen LogP contribution in [-0.4, -0.2) is 31.1 Å². The molecule has 0 aromatic heterocycles. The molecule has 1 aliphatic rings. The monoisotopic (exact) mass is 244 g/mol. The van der Waals surface area contributed by atoms with Crippen LogP contribution in [-0.2, 0) is 0 Å². The fraction of sp³-hybridized carbons (Fsp3) is 0.500. The van der Waals surface area contributed by atoms with E-state index in [-0.39, 0.29) is 0 Å². The van der Waals surface area contributed by atoms with E-state index in [0.29, 0.717) is 6.04 Å². The van der Waals surface area contributed by atoms with Gasteiger partial charge in [0.1, 0.15) is 0 Å². The number of piperazine rings is 1. The molecule has 18 heavy (non-hydrogen) atoms. The summed E-state index contributed by atoms with van der Waals surface area (Å²) in [6.07, 6.45) is 2.09. The molecule has 0 aliphatic carbocycles. The summed E-state index contributed by atoms with van der Waals surface area (Å²) in [5, 5.41) is 3.41. The minimum Gasteiger partial charge on any atom is -0.314 e. The Balaban J connectivity index is 2.35. The Morgan fingerprint density at radius 1 is 1.17 bits per heavy atom. The summed E-state index contributed by atoms with van der Waals surface area (Å²) in [4.78, 5) is 2.52. The van der Waals surface area contributed by atoms with Crippen LogP contribution in [0.1, 0.15) is 28.3 Å². The van der Waals surface area contributed by atoms with Gasteiger partial charge >= 0.3 is 0 Å². The van der Waals surface area contributed by atoms with Crippen molar-refractivity contribution in [3.63, 3.8) is 0 Å². The molecule has 1 aromatic rings. The minimum absolute atomic E-state index is 0.354. The Kier molecular flexibility index (Phi) is 4.20. The highest BCUT2D eigenvalue weighted by Crippen LogP contribution is 2.29. The maximum atomic E-state index is 4.06. The van der Waals surface area contributed by atoms with Crippen molar-refractivity contribution in [1.29, 1.82) is 0 Å². The molecule has 2 heteroatoms. The minimum atomic E-state index is 0.354. The van der Waals surface area contributed by atoms with Crippen molar-refractivity contribution >= 4 is 0 Å². The molecule has 1 aromatic carbocycles. The number of rotatable bonds is 3. The van der Waals surface area contributed by atoms with Crippen LogP contribution in [0.4, 0.5) is 0 Å². The van der Waals surface area contributed by atoms with Gasteiger partial charge in [0.05, 0.1) is 6.04 Å². The largest absolute Gasteiger partial charge is 0.314 e. The third-order valence-electron chi connectivity index (χ3n) is 3.80. The molecule has 0 spiro atoms. The SMILES string of the molecule is C=C[C@H](c1c(C)cc(C)cc1C)N1CCNCC1. The van der Waals surface area contributed by atoms with E-state index in [2.05, 4.69) is 55.8 Å². The number of hydrogen-bond donors (Lipinski definition) is 1. The number of hydrogen-bond acceptors (Lipinski definition) is 2. The Morgan fingerprint density at radius 2 is 1.72 bits per heavy atom. The first-order valence-corrected chi connectivity index (χ1v) is 6.78. The molecule has 1 heterocycles. The molecule has 2 rings (SSSR count). The number of nitrogens with zero attached hydrogens (tertiary/aromatic N) is 1. The fourth-order valence-corrected chi connectivity index (χ4v) is 3.07. The lowest BCUT2D eigenvalue weighted by atomic mass is 9.93. The second kappa shape index (κ2) is 5.68. The maximum absolute atomic E-state index is 4.06. The maximum Gasteiger partial charge on any atom is 0.0535 e. The Morgan fingerprint density at radius 3 is 2.22 bits per heavy atom. The number of benzene rings is 1. The Bertz CT molecular complexity index is 408. The van der Waals surface area contributed by atoms with Crippen molar-refractivity contribution in [3.8, 4) is 0 Å². The molecule has 0 saturated carbocycles.